The summed E-state index contributed by atoms with van der Waals surface area (Å²) in [5.74, 6) is -12.4. The van der Waals surface area contributed by atoms with E-state index in [1.165, 1.54) is 30.3 Å². The van der Waals surface area contributed by atoms with Gasteiger partial charge in [-0.25, -0.2) is 26.9 Å². The number of nitrogens with zero attached hydrogens (tertiary/aromatic N) is 1. The zero-order valence-electron chi connectivity index (χ0n) is 15.8. The molecule has 0 radical (unpaired) electrons. The predicted molar refractivity (Wildman–Crippen MR) is 104 cm³/mol. The summed E-state index contributed by atoms with van der Waals surface area (Å²) in [6.45, 7) is 1.74. The number of fused-ring (bicyclic) bond motifs is 1. The highest BCUT2D eigenvalue weighted by Gasteiger charge is 2.36. The van der Waals surface area contributed by atoms with Crippen molar-refractivity contribution in [3.05, 3.63) is 99.9 Å². The molecule has 3 aromatic carbocycles. The maximum atomic E-state index is 14.3. The average Bonchev–Trinajstić information content (AvgIpc) is 2.76. The monoisotopic (exact) mass is 429 g/mol. The van der Waals surface area contributed by atoms with Gasteiger partial charge in [0, 0.05) is 11.1 Å². The molecule has 3 aromatic rings. The molecular weight excluding hydrogens is 417 g/mol. The van der Waals surface area contributed by atoms with Crippen molar-refractivity contribution in [2.24, 2.45) is 0 Å². The van der Waals surface area contributed by atoms with Crippen molar-refractivity contribution in [1.82, 2.24) is 0 Å². The third-order valence-electron chi connectivity index (χ3n) is 4.88. The Morgan fingerprint density at radius 3 is 1.90 bits per heavy atom. The van der Waals surface area contributed by atoms with E-state index in [0.29, 0.717) is 6.08 Å². The Labute approximate surface area is 173 Å². The SMILES string of the molecule is Cc1cccc(N2C(=O)C(=Cc3c(F)c(F)c(F)c(F)c3F)c3ccccc3C2=O)c1. The molecule has 1 aliphatic heterocycles. The third kappa shape index (κ3) is 3.20. The second-order valence-corrected chi connectivity index (χ2v) is 6.87. The number of rotatable bonds is 2. The summed E-state index contributed by atoms with van der Waals surface area (Å²) >= 11 is 0. The lowest BCUT2D eigenvalue weighted by Gasteiger charge is -2.29. The van der Waals surface area contributed by atoms with Crippen molar-refractivity contribution in [2.45, 2.75) is 6.92 Å². The van der Waals surface area contributed by atoms with Gasteiger partial charge in [-0.3, -0.25) is 9.59 Å². The quantitative estimate of drug-likeness (QED) is 0.179. The smallest absolute Gasteiger partial charge is 0.265 e. The Morgan fingerprint density at radius 1 is 0.710 bits per heavy atom. The summed E-state index contributed by atoms with van der Waals surface area (Å²) in [5, 5.41) is 0. The maximum Gasteiger partial charge on any atom is 0.265 e. The highest BCUT2D eigenvalue weighted by molar-refractivity contribution is 6.43. The maximum absolute atomic E-state index is 14.3. The van der Waals surface area contributed by atoms with Crippen LogP contribution in [0.25, 0.3) is 11.6 Å². The molecule has 8 heteroatoms. The van der Waals surface area contributed by atoms with Gasteiger partial charge < -0.3 is 0 Å². The number of benzene rings is 3. The zero-order chi connectivity index (χ0) is 22.4. The van der Waals surface area contributed by atoms with Gasteiger partial charge in [-0.15, -0.1) is 0 Å². The summed E-state index contributed by atoms with van der Waals surface area (Å²) in [6.07, 6.45) is 0.576. The molecule has 0 spiro atoms. The number of anilines is 1. The largest absolute Gasteiger partial charge is 0.268 e. The lowest BCUT2D eigenvalue weighted by molar-refractivity contribution is -0.112. The van der Waals surface area contributed by atoms with Crippen LogP contribution in [0.5, 0.6) is 0 Å². The van der Waals surface area contributed by atoms with Gasteiger partial charge in [-0.1, -0.05) is 30.3 Å². The second-order valence-electron chi connectivity index (χ2n) is 6.87. The van der Waals surface area contributed by atoms with Crippen LogP contribution in [0.1, 0.15) is 27.0 Å². The fraction of sp³-hybridized carbons (Fsp3) is 0.0435. The van der Waals surface area contributed by atoms with Crippen LogP contribution in [0.2, 0.25) is 0 Å². The van der Waals surface area contributed by atoms with E-state index < -0.39 is 46.5 Å². The van der Waals surface area contributed by atoms with Gasteiger partial charge in [0.1, 0.15) is 0 Å². The van der Waals surface area contributed by atoms with Crippen molar-refractivity contribution in [2.75, 3.05) is 4.90 Å². The molecule has 4 rings (SSSR count). The van der Waals surface area contributed by atoms with Crippen LogP contribution in [-0.2, 0) is 4.79 Å². The van der Waals surface area contributed by atoms with Crippen molar-refractivity contribution >= 4 is 29.2 Å². The third-order valence-corrected chi connectivity index (χ3v) is 4.88. The molecule has 3 nitrogen and oxygen atoms in total. The van der Waals surface area contributed by atoms with Crippen LogP contribution >= 0.6 is 0 Å². The van der Waals surface area contributed by atoms with Gasteiger partial charge >= 0.3 is 0 Å². The summed E-state index contributed by atoms with van der Waals surface area (Å²) in [7, 11) is 0. The number of halogens is 5. The van der Waals surface area contributed by atoms with E-state index in [-0.39, 0.29) is 22.4 Å². The standard InChI is InChI=1S/C23H12F5NO2/c1-11-5-4-6-12(9-11)29-22(30)14-8-3-2-7-13(14)15(23(29)31)10-16-17(24)19(26)21(28)20(27)18(16)25/h2-10H,1H3. The van der Waals surface area contributed by atoms with Crippen LogP contribution in [0.15, 0.2) is 48.5 Å². The summed E-state index contributed by atoms with van der Waals surface area (Å²) in [5.41, 5.74) is -0.660. The Hall–Kier alpha value is -3.81. The fourth-order valence-electron chi connectivity index (χ4n) is 3.39. The average molecular weight is 429 g/mol. The number of imide groups is 1. The van der Waals surface area contributed by atoms with E-state index >= 15 is 0 Å². The van der Waals surface area contributed by atoms with Crippen molar-refractivity contribution < 1.29 is 31.5 Å². The number of amides is 2. The number of hydrogen-bond donors (Lipinski definition) is 0. The van der Waals surface area contributed by atoms with Crippen LogP contribution in [0, 0.1) is 36.0 Å². The van der Waals surface area contributed by atoms with E-state index in [1.54, 1.807) is 25.1 Å². The van der Waals surface area contributed by atoms with E-state index in [2.05, 4.69) is 0 Å². The first kappa shape index (κ1) is 20.5. The number of hydrogen-bond acceptors (Lipinski definition) is 2. The molecule has 1 heterocycles. The van der Waals surface area contributed by atoms with Crippen LogP contribution in [0.3, 0.4) is 0 Å². The van der Waals surface area contributed by atoms with Crippen molar-refractivity contribution in [3.63, 3.8) is 0 Å². The Balaban J connectivity index is 1.99. The Kier molecular flexibility index (Phi) is 4.93. The minimum absolute atomic E-state index is 0.0188. The molecule has 0 saturated heterocycles. The highest BCUT2D eigenvalue weighted by atomic mass is 19.2. The van der Waals surface area contributed by atoms with Gasteiger partial charge in [-0.2, -0.15) is 0 Å². The van der Waals surface area contributed by atoms with Gasteiger partial charge in [0.05, 0.1) is 11.3 Å². The first-order valence-electron chi connectivity index (χ1n) is 9.00. The number of carbonyl (C=O) groups is 2. The van der Waals surface area contributed by atoms with Gasteiger partial charge in [-0.05, 0) is 42.3 Å². The molecule has 0 aromatic heterocycles. The molecule has 31 heavy (non-hydrogen) atoms. The minimum atomic E-state index is -2.30. The fourth-order valence-corrected chi connectivity index (χ4v) is 3.39. The van der Waals surface area contributed by atoms with E-state index in [4.69, 9.17) is 0 Å². The molecule has 0 N–H and O–H groups in total. The van der Waals surface area contributed by atoms with Gasteiger partial charge in [0.2, 0.25) is 5.82 Å². The van der Waals surface area contributed by atoms with Gasteiger partial charge in [0.15, 0.2) is 23.3 Å². The van der Waals surface area contributed by atoms with Crippen LogP contribution in [0.4, 0.5) is 27.6 Å². The first-order chi connectivity index (χ1) is 14.7. The van der Waals surface area contributed by atoms with E-state index in [1.807, 2.05) is 0 Å². The lowest BCUT2D eigenvalue weighted by atomic mass is 9.91. The summed E-state index contributed by atoms with van der Waals surface area (Å²) in [4.78, 5) is 27.0. The summed E-state index contributed by atoms with van der Waals surface area (Å²) < 4.78 is 69.2. The Bertz CT molecular complexity index is 1270. The molecule has 0 aliphatic carbocycles. The molecule has 156 valence electrons. The molecule has 0 fully saturated rings. The second kappa shape index (κ2) is 7.46. The normalized spacial score (nSPS) is 14.9. The molecule has 0 unspecified atom stereocenters. The topological polar surface area (TPSA) is 37.4 Å². The van der Waals surface area contributed by atoms with Crippen LogP contribution < -0.4 is 4.90 Å². The lowest BCUT2D eigenvalue weighted by Crippen LogP contribution is -2.41. The van der Waals surface area contributed by atoms with Gasteiger partial charge in [0.25, 0.3) is 11.8 Å². The molecule has 0 atom stereocenters. The van der Waals surface area contributed by atoms with Crippen molar-refractivity contribution in [3.8, 4) is 0 Å². The van der Waals surface area contributed by atoms with E-state index in [0.717, 1.165) is 10.5 Å². The molecule has 0 bridgehead atoms. The number of aryl methyl sites for hydroxylation is 1. The summed E-state index contributed by atoms with van der Waals surface area (Å²) in [6, 6.07) is 12.2. The van der Waals surface area contributed by atoms with E-state index in [9.17, 15) is 31.5 Å². The highest BCUT2D eigenvalue weighted by Crippen LogP contribution is 2.35. The minimum Gasteiger partial charge on any atom is -0.268 e. The Morgan fingerprint density at radius 2 is 1.29 bits per heavy atom. The van der Waals surface area contributed by atoms with Crippen molar-refractivity contribution in [1.29, 1.82) is 0 Å². The zero-order valence-corrected chi connectivity index (χ0v) is 15.8. The number of carbonyl (C=O) groups excluding carboxylic acids is 2. The molecule has 0 saturated carbocycles. The molecular formula is C23H12F5NO2. The van der Waals surface area contributed by atoms with Crippen LogP contribution in [-0.4, -0.2) is 11.8 Å². The first-order valence-corrected chi connectivity index (χ1v) is 9.00. The molecule has 2 amide bonds. The predicted octanol–water partition coefficient (Wildman–Crippen LogP) is 5.42. The molecule has 1 aliphatic rings.